The first kappa shape index (κ1) is 14.3. The van der Waals surface area contributed by atoms with Gasteiger partial charge in [-0.25, -0.2) is 4.39 Å². The van der Waals surface area contributed by atoms with Gasteiger partial charge in [-0.15, -0.1) is 0 Å². The van der Waals surface area contributed by atoms with E-state index in [0.717, 1.165) is 12.8 Å². The molecule has 1 aromatic carbocycles. The lowest BCUT2D eigenvalue weighted by Crippen LogP contribution is -2.40. The standard InChI is InChI=1S/C14H17ClFNO2/c1-17(8-9-5-10(18)6-9)14(19)7-11-12(15)3-2-4-13(11)16/h2-4,9-10,18H,5-8H2,1H3. The van der Waals surface area contributed by atoms with Crippen molar-refractivity contribution in [1.29, 1.82) is 0 Å². The van der Waals surface area contributed by atoms with Crippen molar-refractivity contribution in [2.75, 3.05) is 13.6 Å². The smallest absolute Gasteiger partial charge is 0.226 e. The second-order valence-electron chi connectivity index (χ2n) is 5.14. The van der Waals surface area contributed by atoms with Gasteiger partial charge in [0.25, 0.3) is 0 Å². The Morgan fingerprint density at radius 3 is 2.79 bits per heavy atom. The fourth-order valence-electron chi connectivity index (χ4n) is 2.33. The highest BCUT2D eigenvalue weighted by Gasteiger charge is 2.29. The van der Waals surface area contributed by atoms with Gasteiger partial charge in [-0.05, 0) is 30.9 Å². The molecule has 5 heteroatoms. The molecule has 1 N–H and O–H groups in total. The molecule has 0 heterocycles. The molecule has 1 fully saturated rings. The quantitative estimate of drug-likeness (QED) is 0.922. The zero-order chi connectivity index (χ0) is 14.0. The molecule has 19 heavy (non-hydrogen) atoms. The first-order valence-corrected chi connectivity index (χ1v) is 6.70. The van der Waals surface area contributed by atoms with Gasteiger partial charge in [0.2, 0.25) is 5.91 Å². The highest BCUT2D eigenvalue weighted by molar-refractivity contribution is 6.31. The van der Waals surface area contributed by atoms with Crippen LogP contribution in [0.1, 0.15) is 18.4 Å². The number of aliphatic hydroxyl groups excluding tert-OH is 1. The summed E-state index contributed by atoms with van der Waals surface area (Å²) < 4.78 is 13.6. The molecule has 0 saturated heterocycles. The van der Waals surface area contributed by atoms with Crippen molar-refractivity contribution < 1.29 is 14.3 Å². The average molecular weight is 286 g/mol. The summed E-state index contributed by atoms with van der Waals surface area (Å²) >= 11 is 5.90. The van der Waals surface area contributed by atoms with Crippen LogP contribution in [0.25, 0.3) is 0 Å². The van der Waals surface area contributed by atoms with Crippen molar-refractivity contribution in [1.82, 2.24) is 4.90 Å². The number of likely N-dealkylation sites (N-methyl/N-ethyl adjacent to an activating group) is 1. The Kier molecular flexibility index (Phi) is 4.42. The molecule has 1 saturated carbocycles. The van der Waals surface area contributed by atoms with Gasteiger partial charge in [-0.3, -0.25) is 4.79 Å². The van der Waals surface area contributed by atoms with Crippen LogP contribution in [0.4, 0.5) is 4.39 Å². The number of hydrogen-bond acceptors (Lipinski definition) is 2. The van der Waals surface area contributed by atoms with Crippen LogP contribution in [0, 0.1) is 11.7 Å². The van der Waals surface area contributed by atoms with E-state index < -0.39 is 5.82 Å². The highest BCUT2D eigenvalue weighted by atomic mass is 35.5. The number of nitrogens with zero attached hydrogens (tertiary/aromatic N) is 1. The molecule has 3 nitrogen and oxygen atoms in total. The molecule has 0 spiro atoms. The van der Waals surface area contributed by atoms with Crippen LogP contribution < -0.4 is 0 Å². The lowest BCUT2D eigenvalue weighted by Gasteiger charge is -2.34. The van der Waals surface area contributed by atoms with Crippen LogP contribution in [0.5, 0.6) is 0 Å². The van der Waals surface area contributed by atoms with E-state index in [9.17, 15) is 14.3 Å². The number of carbonyl (C=O) groups is 1. The molecule has 1 amide bonds. The van der Waals surface area contributed by atoms with E-state index in [1.807, 2.05) is 0 Å². The predicted octanol–water partition coefficient (Wildman–Crippen LogP) is 2.25. The maximum Gasteiger partial charge on any atom is 0.226 e. The van der Waals surface area contributed by atoms with E-state index in [4.69, 9.17) is 11.6 Å². The van der Waals surface area contributed by atoms with E-state index in [2.05, 4.69) is 0 Å². The van der Waals surface area contributed by atoms with Crippen LogP contribution in [0.3, 0.4) is 0 Å². The molecule has 0 aromatic heterocycles. The van der Waals surface area contributed by atoms with E-state index in [0.29, 0.717) is 12.5 Å². The van der Waals surface area contributed by atoms with Crippen LogP contribution in [0.15, 0.2) is 18.2 Å². The second-order valence-corrected chi connectivity index (χ2v) is 5.55. The van der Waals surface area contributed by atoms with E-state index in [-0.39, 0.29) is 29.0 Å². The summed E-state index contributed by atoms with van der Waals surface area (Å²) in [5.41, 5.74) is 0.245. The van der Waals surface area contributed by atoms with Gasteiger partial charge in [0.1, 0.15) is 5.82 Å². The molecule has 1 aliphatic carbocycles. The number of aliphatic hydroxyl groups is 1. The third-order valence-electron chi connectivity index (χ3n) is 3.56. The Bertz CT molecular complexity index is 454. The second kappa shape index (κ2) is 5.88. The number of hydrogen-bond donors (Lipinski definition) is 1. The van der Waals surface area contributed by atoms with Gasteiger partial charge in [-0.2, -0.15) is 0 Å². The molecular weight excluding hydrogens is 269 g/mol. The van der Waals surface area contributed by atoms with Crippen LogP contribution in [-0.2, 0) is 11.2 Å². The van der Waals surface area contributed by atoms with Crippen LogP contribution >= 0.6 is 11.6 Å². The third-order valence-corrected chi connectivity index (χ3v) is 3.91. The van der Waals surface area contributed by atoms with Crippen molar-refractivity contribution in [3.8, 4) is 0 Å². The first-order valence-electron chi connectivity index (χ1n) is 6.32. The Hall–Kier alpha value is -1.13. The minimum Gasteiger partial charge on any atom is -0.393 e. The van der Waals surface area contributed by atoms with Crippen molar-refractivity contribution in [2.24, 2.45) is 5.92 Å². The van der Waals surface area contributed by atoms with E-state index >= 15 is 0 Å². The molecule has 0 radical (unpaired) electrons. The van der Waals surface area contributed by atoms with Gasteiger partial charge in [0, 0.05) is 24.2 Å². The summed E-state index contributed by atoms with van der Waals surface area (Å²) in [5, 5.41) is 9.49. The summed E-state index contributed by atoms with van der Waals surface area (Å²) in [4.78, 5) is 13.6. The third kappa shape index (κ3) is 3.45. The topological polar surface area (TPSA) is 40.5 Å². The predicted molar refractivity (Wildman–Crippen MR) is 71.5 cm³/mol. The molecule has 1 aromatic rings. The zero-order valence-electron chi connectivity index (χ0n) is 10.8. The Balaban J connectivity index is 1.93. The van der Waals surface area contributed by atoms with Gasteiger partial charge in [-0.1, -0.05) is 17.7 Å². The summed E-state index contributed by atoms with van der Waals surface area (Å²) in [6.45, 7) is 0.599. The fraction of sp³-hybridized carbons (Fsp3) is 0.500. The van der Waals surface area contributed by atoms with Crippen molar-refractivity contribution in [3.63, 3.8) is 0 Å². The Morgan fingerprint density at radius 2 is 2.21 bits per heavy atom. The molecule has 0 bridgehead atoms. The Labute approximate surface area is 117 Å². The Morgan fingerprint density at radius 1 is 1.53 bits per heavy atom. The number of halogens is 2. The fourth-order valence-corrected chi connectivity index (χ4v) is 2.56. The summed E-state index contributed by atoms with van der Waals surface area (Å²) in [7, 11) is 1.70. The summed E-state index contributed by atoms with van der Waals surface area (Å²) in [6, 6.07) is 4.40. The van der Waals surface area contributed by atoms with E-state index in [1.54, 1.807) is 18.0 Å². The number of benzene rings is 1. The van der Waals surface area contributed by atoms with Crippen molar-refractivity contribution >= 4 is 17.5 Å². The molecular formula is C14H17ClFNO2. The molecule has 1 aliphatic rings. The molecule has 0 atom stereocenters. The lowest BCUT2D eigenvalue weighted by atomic mass is 9.82. The summed E-state index contributed by atoms with van der Waals surface area (Å²) in [5.74, 6) is -0.262. The van der Waals surface area contributed by atoms with Crippen molar-refractivity contribution in [2.45, 2.75) is 25.4 Å². The molecule has 104 valence electrons. The van der Waals surface area contributed by atoms with Crippen molar-refractivity contribution in [3.05, 3.63) is 34.6 Å². The minimum absolute atomic E-state index is 0.0305. The average Bonchev–Trinajstić information content (AvgIpc) is 2.31. The van der Waals surface area contributed by atoms with Crippen LogP contribution in [-0.4, -0.2) is 35.6 Å². The summed E-state index contributed by atoms with van der Waals surface area (Å²) in [6.07, 6.45) is 1.21. The zero-order valence-corrected chi connectivity index (χ0v) is 11.5. The van der Waals surface area contributed by atoms with Gasteiger partial charge in [0.05, 0.1) is 12.5 Å². The maximum atomic E-state index is 13.6. The lowest BCUT2D eigenvalue weighted by molar-refractivity contribution is -0.130. The minimum atomic E-state index is -0.451. The number of rotatable bonds is 4. The first-order chi connectivity index (χ1) is 8.97. The van der Waals surface area contributed by atoms with Gasteiger partial charge in [0.15, 0.2) is 0 Å². The maximum absolute atomic E-state index is 13.6. The number of carbonyl (C=O) groups excluding carboxylic acids is 1. The molecule has 2 rings (SSSR count). The number of amides is 1. The monoisotopic (exact) mass is 285 g/mol. The molecule has 0 unspecified atom stereocenters. The largest absolute Gasteiger partial charge is 0.393 e. The van der Waals surface area contributed by atoms with Gasteiger partial charge < -0.3 is 10.0 Å². The SMILES string of the molecule is CN(CC1CC(O)C1)C(=O)Cc1c(F)cccc1Cl. The van der Waals surface area contributed by atoms with Crippen LogP contribution in [0.2, 0.25) is 5.02 Å². The normalized spacial score (nSPS) is 21.9. The van der Waals surface area contributed by atoms with E-state index in [1.165, 1.54) is 12.1 Å². The highest BCUT2D eigenvalue weighted by Crippen LogP contribution is 2.28. The molecule has 0 aliphatic heterocycles. The van der Waals surface area contributed by atoms with Gasteiger partial charge >= 0.3 is 0 Å².